The van der Waals surface area contributed by atoms with Gasteiger partial charge in [-0.1, -0.05) is 42.4 Å². The first kappa shape index (κ1) is 15.1. The molecule has 1 heterocycles. The van der Waals surface area contributed by atoms with E-state index in [0.717, 1.165) is 46.0 Å². The fourth-order valence-electron chi connectivity index (χ4n) is 1.77. The van der Waals surface area contributed by atoms with Gasteiger partial charge in [0, 0.05) is 23.9 Å². The fraction of sp³-hybridized carbons (Fsp3) is 0.333. The minimum Gasteiger partial charge on any atom is -0.370 e. The van der Waals surface area contributed by atoms with Crippen LogP contribution in [0.2, 0.25) is 5.02 Å². The van der Waals surface area contributed by atoms with Crippen LogP contribution in [-0.2, 0) is 6.42 Å². The number of halogens is 1. The molecule has 1 aromatic carbocycles. The van der Waals surface area contributed by atoms with Crippen molar-refractivity contribution in [2.75, 3.05) is 11.9 Å². The largest absolute Gasteiger partial charge is 0.370 e. The number of benzene rings is 1. The highest BCUT2D eigenvalue weighted by atomic mass is 35.5. The lowest BCUT2D eigenvalue weighted by Crippen LogP contribution is -2.04. The van der Waals surface area contributed by atoms with E-state index in [2.05, 4.69) is 29.1 Å². The molecule has 0 bridgehead atoms. The monoisotopic (exact) mass is 307 g/mol. The molecule has 1 N–H and O–H groups in total. The van der Waals surface area contributed by atoms with Crippen molar-refractivity contribution in [2.24, 2.45) is 0 Å². The Balaban J connectivity index is 2.28. The summed E-state index contributed by atoms with van der Waals surface area (Å²) in [4.78, 5) is 10.1. The SMILES string of the molecule is CCCc1nc(NCC)cc(Sc2ccccc2Cl)n1. The van der Waals surface area contributed by atoms with Gasteiger partial charge in [0.1, 0.15) is 16.7 Å². The third kappa shape index (κ3) is 4.12. The molecule has 0 aliphatic heterocycles. The van der Waals surface area contributed by atoms with Crippen LogP contribution in [0.25, 0.3) is 0 Å². The van der Waals surface area contributed by atoms with E-state index in [4.69, 9.17) is 11.6 Å². The maximum Gasteiger partial charge on any atom is 0.132 e. The molecular weight excluding hydrogens is 290 g/mol. The van der Waals surface area contributed by atoms with Crippen molar-refractivity contribution in [2.45, 2.75) is 36.6 Å². The van der Waals surface area contributed by atoms with Gasteiger partial charge in [-0.3, -0.25) is 0 Å². The van der Waals surface area contributed by atoms with Gasteiger partial charge < -0.3 is 5.32 Å². The van der Waals surface area contributed by atoms with Crippen LogP contribution < -0.4 is 5.32 Å². The number of hydrogen-bond acceptors (Lipinski definition) is 4. The van der Waals surface area contributed by atoms with Gasteiger partial charge in [-0.15, -0.1) is 0 Å². The van der Waals surface area contributed by atoms with Crippen LogP contribution in [0, 0.1) is 0 Å². The van der Waals surface area contributed by atoms with Gasteiger partial charge in [-0.25, -0.2) is 9.97 Å². The molecule has 0 saturated heterocycles. The highest BCUT2D eigenvalue weighted by molar-refractivity contribution is 7.99. The molecule has 0 aliphatic carbocycles. The van der Waals surface area contributed by atoms with Crippen LogP contribution in [0.3, 0.4) is 0 Å². The Morgan fingerprint density at radius 2 is 2.00 bits per heavy atom. The molecule has 0 amide bonds. The highest BCUT2D eigenvalue weighted by Crippen LogP contribution is 2.32. The van der Waals surface area contributed by atoms with E-state index in [1.165, 1.54) is 0 Å². The maximum atomic E-state index is 6.20. The van der Waals surface area contributed by atoms with E-state index >= 15 is 0 Å². The molecule has 2 rings (SSSR count). The average Bonchev–Trinajstić information content (AvgIpc) is 2.42. The molecular formula is C15H18ClN3S. The zero-order valence-electron chi connectivity index (χ0n) is 11.7. The molecule has 0 atom stereocenters. The van der Waals surface area contributed by atoms with E-state index in [9.17, 15) is 0 Å². The van der Waals surface area contributed by atoms with Crippen LogP contribution in [0.15, 0.2) is 40.3 Å². The van der Waals surface area contributed by atoms with E-state index in [1.807, 2.05) is 30.3 Å². The first-order chi connectivity index (χ1) is 9.72. The predicted molar refractivity (Wildman–Crippen MR) is 85.8 cm³/mol. The number of nitrogens with one attached hydrogen (secondary N) is 1. The minimum atomic E-state index is 0.748. The Kier molecular flexibility index (Phi) is 5.68. The zero-order valence-corrected chi connectivity index (χ0v) is 13.3. The van der Waals surface area contributed by atoms with Crippen molar-refractivity contribution in [3.05, 3.63) is 41.2 Å². The summed E-state index contributed by atoms with van der Waals surface area (Å²) in [5, 5.41) is 4.92. The third-order valence-corrected chi connectivity index (χ3v) is 4.07. The van der Waals surface area contributed by atoms with Crippen molar-refractivity contribution < 1.29 is 0 Å². The Labute approximate surface area is 129 Å². The number of hydrogen-bond donors (Lipinski definition) is 1. The van der Waals surface area contributed by atoms with E-state index in [0.29, 0.717) is 0 Å². The molecule has 5 heteroatoms. The molecule has 0 fully saturated rings. The minimum absolute atomic E-state index is 0.748. The van der Waals surface area contributed by atoms with Crippen LogP contribution in [0.5, 0.6) is 0 Å². The molecule has 0 saturated carbocycles. The van der Waals surface area contributed by atoms with E-state index in [1.54, 1.807) is 11.8 Å². The third-order valence-electron chi connectivity index (χ3n) is 2.63. The predicted octanol–water partition coefficient (Wildman–Crippen LogP) is 4.67. The second-order valence-corrected chi connectivity index (χ2v) is 5.79. The molecule has 0 aliphatic rings. The van der Waals surface area contributed by atoms with Gasteiger partial charge in [0.25, 0.3) is 0 Å². The van der Waals surface area contributed by atoms with Gasteiger partial charge in [0.05, 0.1) is 5.02 Å². The molecule has 0 radical (unpaired) electrons. The van der Waals surface area contributed by atoms with Gasteiger partial charge in [0.2, 0.25) is 0 Å². The summed E-state index contributed by atoms with van der Waals surface area (Å²) in [5.74, 6) is 1.75. The summed E-state index contributed by atoms with van der Waals surface area (Å²) in [7, 11) is 0. The Morgan fingerprint density at radius 3 is 2.70 bits per heavy atom. The number of nitrogens with zero attached hydrogens (tertiary/aromatic N) is 2. The van der Waals surface area contributed by atoms with Gasteiger partial charge in [-0.2, -0.15) is 0 Å². The number of anilines is 1. The molecule has 0 unspecified atom stereocenters. The van der Waals surface area contributed by atoms with Crippen molar-refractivity contribution in [1.29, 1.82) is 0 Å². The average molecular weight is 308 g/mol. The molecule has 3 nitrogen and oxygen atoms in total. The maximum absolute atomic E-state index is 6.20. The molecule has 20 heavy (non-hydrogen) atoms. The molecule has 106 valence electrons. The van der Waals surface area contributed by atoms with Crippen molar-refractivity contribution in [1.82, 2.24) is 9.97 Å². The number of aromatic nitrogens is 2. The van der Waals surface area contributed by atoms with Gasteiger partial charge >= 0.3 is 0 Å². The Hall–Kier alpha value is -1.26. The summed E-state index contributed by atoms with van der Waals surface area (Å²) in [5.41, 5.74) is 0. The van der Waals surface area contributed by atoms with Gasteiger partial charge in [-0.05, 0) is 25.5 Å². The first-order valence-electron chi connectivity index (χ1n) is 6.77. The number of aryl methyl sites for hydroxylation is 1. The summed E-state index contributed by atoms with van der Waals surface area (Å²) in [6, 6.07) is 9.77. The smallest absolute Gasteiger partial charge is 0.132 e. The van der Waals surface area contributed by atoms with E-state index in [-0.39, 0.29) is 0 Å². The topological polar surface area (TPSA) is 37.8 Å². The van der Waals surface area contributed by atoms with Gasteiger partial charge in [0.15, 0.2) is 0 Å². The zero-order chi connectivity index (χ0) is 14.4. The molecule has 0 spiro atoms. The quantitative estimate of drug-likeness (QED) is 0.787. The first-order valence-corrected chi connectivity index (χ1v) is 7.96. The fourth-order valence-corrected chi connectivity index (χ4v) is 2.88. The summed E-state index contributed by atoms with van der Waals surface area (Å²) < 4.78 is 0. The number of rotatable bonds is 6. The van der Waals surface area contributed by atoms with Crippen LogP contribution >= 0.6 is 23.4 Å². The van der Waals surface area contributed by atoms with Crippen LogP contribution in [0.1, 0.15) is 26.1 Å². The lowest BCUT2D eigenvalue weighted by molar-refractivity contribution is 0.810. The normalized spacial score (nSPS) is 10.6. The lowest BCUT2D eigenvalue weighted by atomic mass is 10.3. The van der Waals surface area contributed by atoms with Crippen LogP contribution in [0.4, 0.5) is 5.82 Å². The molecule has 2 aromatic rings. The van der Waals surface area contributed by atoms with Crippen LogP contribution in [-0.4, -0.2) is 16.5 Å². The summed E-state index contributed by atoms with van der Waals surface area (Å²) >= 11 is 7.77. The standard InChI is InChI=1S/C15H18ClN3S/c1-3-7-13-18-14(17-4-2)10-15(19-13)20-12-9-6-5-8-11(12)16/h5-6,8-10H,3-4,7H2,1-2H3,(H,17,18,19). The second kappa shape index (κ2) is 7.50. The Morgan fingerprint density at radius 1 is 1.20 bits per heavy atom. The molecule has 1 aromatic heterocycles. The van der Waals surface area contributed by atoms with Crippen molar-refractivity contribution >= 4 is 29.2 Å². The van der Waals surface area contributed by atoms with Crippen molar-refractivity contribution in [3.63, 3.8) is 0 Å². The highest BCUT2D eigenvalue weighted by Gasteiger charge is 2.07. The lowest BCUT2D eigenvalue weighted by Gasteiger charge is -2.09. The second-order valence-electron chi connectivity index (χ2n) is 4.32. The summed E-state index contributed by atoms with van der Waals surface area (Å²) in [6.07, 6.45) is 1.92. The Bertz CT molecular complexity index is 551. The van der Waals surface area contributed by atoms with Crippen molar-refractivity contribution in [3.8, 4) is 0 Å². The van der Waals surface area contributed by atoms with E-state index < -0.39 is 0 Å². The summed E-state index contributed by atoms with van der Waals surface area (Å²) in [6.45, 7) is 5.03.